The topological polar surface area (TPSA) is 41.1 Å². The summed E-state index contributed by atoms with van der Waals surface area (Å²) in [5.41, 5.74) is 0. The van der Waals surface area contributed by atoms with E-state index in [-0.39, 0.29) is 0 Å². The fourth-order valence-corrected chi connectivity index (χ4v) is 3.62. The number of thiophene rings is 1. The number of rotatable bonds is 3. The minimum absolute atomic E-state index is 0.622. The van der Waals surface area contributed by atoms with Crippen molar-refractivity contribution in [2.45, 2.75) is 38.1 Å². The predicted octanol–water partition coefficient (Wildman–Crippen LogP) is 3.50. The SMILES string of the molecule is CNc1nc(N(C)C2CCCCC2)c2ccsc2n1. The second kappa shape index (κ2) is 5.33. The van der Waals surface area contributed by atoms with E-state index in [2.05, 4.69) is 38.7 Å². The van der Waals surface area contributed by atoms with Crippen LogP contribution >= 0.6 is 11.3 Å². The van der Waals surface area contributed by atoms with Gasteiger partial charge in [0.25, 0.3) is 0 Å². The van der Waals surface area contributed by atoms with Crippen molar-refractivity contribution in [1.82, 2.24) is 9.97 Å². The summed E-state index contributed by atoms with van der Waals surface area (Å²) >= 11 is 1.68. The van der Waals surface area contributed by atoms with Crippen LogP contribution in [0.15, 0.2) is 11.4 Å². The second-order valence-electron chi connectivity index (χ2n) is 5.16. The van der Waals surface area contributed by atoms with Crippen LogP contribution in [0, 0.1) is 0 Å². The molecule has 1 N–H and O–H groups in total. The van der Waals surface area contributed by atoms with Crippen LogP contribution in [0.4, 0.5) is 11.8 Å². The highest BCUT2D eigenvalue weighted by molar-refractivity contribution is 7.16. The molecule has 0 radical (unpaired) electrons. The summed E-state index contributed by atoms with van der Waals surface area (Å²) in [4.78, 5) is 12.6. The van der Waals surface area contributed by atoms with Crippen molar-refractivity contribution in [3.8, 4) is 0 Å². The molecule has 2 heterocycles. The summed E-state index contributed by atoms with van der Waals surface area (Å²) in [6, 6.07) is 2.75. The lowest BCUT2D eigenvalue weighted by Crippen LogP contribution is -2.34. The smallest absolute Gasteiger partial charge is 0.225 e. The molecule has 102 valence electrons. The first-order chi connectivity index (χ1) is 9.29. The Morgan fingerprint density at radius 3 is 2.79 bits per heavy atom. The van der Waals surface area contributed by atoms with Gasteiger partial charge in [0.2, 0.25) is 5.95 Å². The van der Waals surface area contributed by atoms with Gasteiger partial charge in [0.1, 0.15) is 10.6 Å². The predicted molar refractivity (Wildman–Crippen MR) is 82.2 cm³/mol. The van der Waals surface area contributed by atoms with Gasteiger partial charge in [-0.3, -0.25) is 0 Å². The maximum atomic E-state index is 4.68. The van der Waals surface area contributed by atoms with Gasteiger partial charge in [0.15, 0.2) is 0 Å². The third kappa shape index (κ3) is 2.39. The van der Waals surface area contributed by atoms with Gasteiger partial charge in [0, 0.05) is 20.1 Å². The molecule has 0 atom stereocenters. The van der Waals surface area contributed by atoms with E-state index in [1.54, 1.807) is 11.3 Å². The number of hydrogen-bond donors (Lipinski definition) is 1. The summed E-state index contributed by atoms with van der Waals surface area (Å²) < 4.78 is 0. The molecule has 0 spiro atoms. The largest absolute Gasteiger partial charge is 0.357 e. The summed E-state index contributed by atoms with van der Waals surface area (Å²) in [5.74, 6) is 1.79. The van der Waals surface area contributed by atoms with Crippen molar-refractivity contribution in [1.29, 1.82) is 0 Å². The summed E-state index contributed by atoms with van der Waals surface area (Å²) in [7, 11) is 4.05. The average Bonchev–Trinajstić information content (AvgIpc) is 2.94. The number of aromatic nitrogens is 2. The molecule has 0 unspecified atom stereocenters. The van der Waals surface area contributed by atoms with Crippen molar-refractivity contribution in [3.05, 3.63) is 11.4 Å². The van der Waals surface area contributed by atoms with Crippen LogP contribution in [-0.2, 0) is 0 Å². The van der Waals surface area contributed by atoms with E-state index in [4.69, 9.17) is 0 Å². The van der Waals surface area contributed by atoms with Crippen LogP contribution in [0.5, 0.6) is 0 Å². The Morgan fingerprint density at radius 2 is 2.05 bits per heavy atom. The zero-order chi connectivity index (χ0) is 13.2. The Morgan fingerprint density at radius 1 is 1.26 bits per heavy atom. The number of nitrogens with one attached hydrogen (secondary N) is 1. The van der Waals surface area contributed by atoms with Gasteiger partial charge in [-0.05, 0) is 24.3 Å². The van der Waals surface area contributed by atoms with Crippen LogP contribution in [0.1, 0.15) is 32.1 Å². The molecule has 0 aliphatic heterocycles. The number of anilines is 2. The van der Waals surface area contributed by atoms with Gasteiger partial charge in [-0.15, -0.1) is 11.3 Å². The zero-order valence-corrected chi connectivity index (χ0v) is 12.3. The van der Waals surface area contributed by atoms with E-state index in [9.17, 15) is 0 Å². The van der Waals surface area contributed by atoms with E-state index >= 15 is 0 Å². The van der Waals surface area contributed by atoms with E-state index in [0.29, 0.717) is 12.0 Å². The Kier molecular flexibility index (Phi) is 3.55. The Labute approximate surface area is 117 Å². The van der Waals surface area contributed by atoms with Crippen molar-refractivity contribution >= 4 is 33.3 Å². The van der Waals surface area contributed by atoms with Gasteiger partial charge < -0.3 is 10.2 Å². The number of fused-ring (bicyclic) bond motifs is 1. The molecule has 1 saturated carbocycles. The lowest BCUT2D eigenvalue weighted by Gasteiger charge is -2.32. The normalized spacial score (nSPS) is 16.7. The lowest BCUT2D eigenvalue weighted by molar-refractivity contribution is 0.426. The van der Waals surface area contributed by atoms with Crippen molar-refractivity contribution in [2.75, 3.05) is 24.3 Å². The van der Waals surface area contributed by atoms with Gasteiger partial charge >= 0.3 is 0 Å². The Hall–Kier alpha value is -1.36. The standard InChI is InChI=1S/C14H20N4S/c1-15-14-16-12(11-8-9-19-13(11)17-14)18(2)10-6-4-3-5-7-10/h8-10H,3-7H2,1-2H3,(H,15,16,17). The summed E-state index contributed by atoms with van der Waals surface area (Å²) in [5, 5.41) is 6.34. The molecule has 0 aromatic carbocycles. The Bertz CT molecular complexity index is 560. The van der Waals surface area contributed by atoms with E-state index in [0.717, 1.165) is 10.6 Å². The number of hydrogen-bond acceptors (Lipinski definition) is 5. The highest BCUT2D eigenvalue weighted by Crippen LogP contribution is 2.32. The summed E-state index contributed by atoms with van der Waals surface area (Å²) in [6.45, 7) is 0. The molecule has 3 rings (SSSR count). The van der Waals surface area contributed by atoms with Gasteiger partial charge in [-0.1, -0.05) is 19.3 Å². The molecule has 0 saturated heterocycles. The molecule has 2 aromatic rings. The first-order valence-electron chi connectivity index (χ1n) is 6.95. The third-order valence-electron chi connectivity index (χ3n) is 3.99. The molecule has 19 heavy (non-hydrogen) atoms. The fraction of sp³-hybridized carbons (Fsp3) is 0.571. The average molecular weight is 276 g/mol. The molecule has 1 aliphatic carbocycles. The van der Waals surface area contributed by atoms with Crippen molar-refractivity contribution in [2.24, 2.45) is 0 Å². The maximum absolute atomic E-state index is 4.68. The van der Waals surface area contributed by atoms with Gasteiger partial charge in [-0.2, -0.15) is 4.98 Å². The maximum Gasteiger partial charge on any atom is 0.225 e. The molecule has 4 nitrogen and oxygen atoms in total. The highest BCUT2D eigenvalue weighted by Gasteiger charge is 2.21. The van der Waals surface area contributed by atoms with Crippen LogP contribution < -0.4 is 10.2 Å². The monoisotopic (exact) mass is 276 g/mol. The molecule has 1 aliphatic rings. The van der Waals surface area contributed by atoms with Crippen molar-refractivity contribution < 1.29 is 0 Å². The molecule has 2 aromatic heterocycles. The lowest BCUT2D eigenvalue weighted by atomic mass is 9.94. The molecular weight excluding hydrogens is 256 g/mol. The van der Waals surface area contributed by atoms with Crippen LogP contribution in [0.3, 0.4) is 0 Å². The van der Waals surface area contributed by atoms with Gasteiger partial charge in [0.05, 0.1) is 5.39 Å². The van der Waals surface area contributed by atoms with Crippen LogP contribution in [-0.4, -0.2) is 30.1 Å². The molecular formula is C14H20N4S. The first-order valence-corrected chi connectivity index (χ1v) is 7.83. The van der Waals surface area contributed by atoms with E-state index in [1.807, 2.05) is 7.05 Å². The molecule has 1 fully saturated rings. The van der Waals surface area contributed by atoms with Crippen molar-refractivity contribution in [3.63, 3.8) is 0 Å². The minimum Gasteiger partial charge on any atom is -0.357 e. The van der Waals surface area contributed by atoms with Gasteiger partial charge in [-0.25, -0.2) is 4.98 Å². The fourth-order valence-electron chi connectivity index (χ4n) is 2.86. The zero-order valence-electron chi connectivity index (χ0n) is 11.5. The first kappa shape index (κ1) is 12.7. The van der Waals surface area contributed by atoms with Crippen LogP contribution in [0.25, 0.3) is 10.2 Å². The quantitative estimate of drug-likeness (QED) is 0.931. The Balaban J connectivity index is 1.99. The summed E-state index contributed by atoms with van der Waals surface area (Å²) in [6.07, 6.45) is 6.61. The molecule has 0 bridgehead atoms. The highest BCUT2D eigenvalue weighted by atomic mass is 32.1. The second-order valence-corrected chi connectivity index (χ2v) is 6.06. The van der Waals surface area contributed by atoms with Crippen LogP contribution in [0.2, 0.25) is 0 Å². The van der Waals surface area contributed by atoms with E-state index in [1.165, 1.54) is 37.5 Å². The molecule has 0 amide bonds. The molecule has 5 heteroatoms. The third-order valence-corrected chi connectivity index (χ3v) is 4.79. The minimum atomic E-state index is 0.622. The number of nitrogens with zero attached hydrogens (tertiary/aromatic N) is 3. The van der Waals surface area contributed by atoms with E-state index < -0.39 is 0 Å².